The number of anilines is 1. The fraction of sp³-hybridized carbons (Fsp3) is 0.333. The van der Waals surface area contributed by atoms with E-state index in [1.54, 1.807) is 24.3 Å². The van der Waals surface area contributed by atoms with Crippen molar-refractivity contribution in [1.82, 2.24) is 0 Å². The smallest absolute Gasteiger partial charge is 0.349 e. The number of amides is 1. The Morgan fingerprint density at radius 2 is 2.04 bits per heavy atom. The number of esters is 1. The predicted octanol–water partition coefficient (Wildman–Crippen LogP) is 4.46. The van der Waals surface area contributed by atoms with E-state index in [1.807, 2.05) is 13.8 Å². The molecular weight excluding hydrogens is 362 g/mol. The Morgan fingerprint density at radius 1 is 1.32 bits per heavy atom. The van der Waals surface area contributed by atoms with E-state index in [2.05, 4.69) is 5.32 Å². The first-order chi connectivity index (χ1) is 11.8. The molecule has 2 rings (SSSR count). The Labute approximate surface area is 155 Å². The molecule has 0 radical (unpaired) electrons. The number of methoxy groups -OCH3 is 1. The van der Waals surface area contributed by atoms with Gasteiger partial charge >= 0.3 is 5.97 Å². The summed E-state index contributed by atoms with van der Waals surface area (Å²) in [5, 5.41) is 3.12. The molecule has 1 N–H and O–H groups in total. The molecule has 0 aliphatic carbocycles. The third-order valence-electron chi connectivity index (χ3n) is 3.62. The van der Waals surface area contributed by atoms with E-state index in [9.17, 15) is 9.59 Å². The van der Waals surface area contributed by atoms with E-state index >= 15 is 0 Å². The molecule has 5 nitrogen and oxygen atoms in total. The Bertz CT molecular complexity index is 787. The van der Waals surface area contributed by atoms with E-state index < -0.39 is 18.0 Å². The van der Waals surface area contributed by atoms with Crippen LogP contribution in [-0.2, 0) is 16.0 Å². The van der Waals surface area contributed by atoms with Crippen molar-refractivity contribution in [3.63, 3.8) is 0 Å². The second-order valence-electron chi connectivity index (χ2n) is 5.45. The minimum atomic E-state index is -0.955. The predicted molar refractivity (Wildman–Crippen MR) is 99.9 cm³/mol. The average Bonchev–Trinajstić information content (AvgIpc) is 2.96. The van der Waals surface area contributed by atoms with Gasteiger partial charge in [-0.15, -0.1) is 11.3 Å². The lowest BCUT2D eigenvalue weighted by molar-refractivity contribution is -0.123. The number of halogens is 1. The number of ether oxygens (including phenoxy) is 2. The van der Waals surface area contributed by atoms with Crippen molar-refractivity contribution >= 4 is 40.5 Å². The Hall–Kier alpha value is -2.05. The fourth-order valence-corrected chi connectivity index (χ4v) is 3.42. The van der Waals surface area contributed by atoms with Crippen molar-refractivity contribution in [2.45, 2.75) is 33.3 Å². The summed E-state index contributed by atoms with van der Waals surface area (Å²) in [6.07, 6.45) is -0.0994. The van der Waals surface area contributed by atoms with E-state index in [0.29, 0.717) is 21.3 Å². The van der Waals surface area contributed by atoms with Crippen LogP contribution in [0.15, 0.2) is 24.3 Å². The van der Waals surface area contributed by atoms with Crippen molar-refractivity contribution in [3.8, 4) is 5.75 Å². The number of aryl methyl sites for hydroxylation is 2. The van der Waals surface area contributed by atoms with Crippen LogP contribution in [0.2, 0.25) is 5.02 Å². The van der Waals surface area contributed by atoms with Gasteiger partial charge in [0.25, 0.3) is 5.91 Å². The van der Waals surface area contributed by atoms with Crippen molar-refractivity contribution in [2.24, 2.45) is 0 Å². The largest absolute Gasteiger partial charge is 0.495 e. The summed E-state index contributed by atoms with van der Waals surface area (Å²) in [5.41, 5.74) is 1.48. The topological polar surface area (TPSA) is 64.6 Å². The van der Waals surface area contributed by atoms with Gasteiger partial charge in [-0.2, -0.15) is 0 Å². The SMILES string of the molecule is CCc1sc(C(=O)O[C@H](C)C(=O)Nc2cc(Cl)ccc2OC)cc1C. The maximum absolute atomic E-state index is 12.3. The molecule has 1 aromatic heterocycles. The summed E-state index contributed by atoms with van der Waals surface area (Å²) in [6, 6.07) is 6.67. The van der Waals surface area contributed by atoms with Gasteiger partial charge < -0.3 is 14.8 Å². The van der Waals surface area contributed by atoms with E-state index in [-0.39, 0.29) is 0 Å². The normalized spacial score (nSPS) is 11.7. The zero-order valence-corrected chi connectivity index (χ0v) is 16.1. The lowest BCUT2D eigenvalue weighted by atomic mass is 10.2. The highest BCUT2D eigenvalue weighted by Crippen LogP contribution is 2.28. The first-order valence-electron chi connectivity index (χ1n) is 7.80. The number of rotatable bonds is 6. The van der Waals surface area contributed by atoms with Crippen molar-refractivity contribution in [2.75, 3.05) is 12.4 Å². The maximum Gasteiger partial charge on any atom is 0.349 e. The van der Waals surface area contributed by atoms with Crippen LogP contribution in [0.5, 0.6) is 5.75 Å². The molecule has 25 heavy (non-hydrogen) atoms. The quantitative estimate of drug-likeness (QED) is 0.750. The molecule has 1 heterocycles. The Kier molecular flexibility index (Phi) is 6.45. The van der Waals surface area contributed by atoms with E-state index in [0.717, 1.165) is 16.9 Å². The summed E-state index contributed by atoms with van der Waals surface area (Å²) in [4.78, 5) is 26.2. The highest BCUT2D eigenvalue weighted by atomic mass is 35.5. The highest BCUT2D eigenvalue weighted by molar-refractivity contribution is 7.14. The summed E-state index contributed by atoms with van der Waals surface area (Å²) in [5.74, 6) is -0.496. The van der Waals surface area contributed by atoms with Crippen LogP contribution in [0.4, 0.5) is 5.69 Å². The van der Waals surface area contributed by atoms with E-state index in [1.165, 1.54) is 25.4 Å². The van der Waals surface area contributed by atoms with Gasteiger partial charge in [0.15, 0.2) is 6.10 Å². The van der Waals surface area contributed by atoms with Crippen molar-refractivity contribution in [3.05, 3.63) is 44.6 Å². The highest BCUT2D eigenvalue weighted by Gasteiger charge is 2.22. The zero-order valence-electron chi connectivity index (χ0n) is 14.5. The second-order valence-corrected chi connectivity index (χ2v) is 7.02. The van der Waals surface area contributed by atoms with Crippen LogP contribution in [-0.4, -0.2) is 25.1 Å². The molecule has 1 atom stereocenters. The molecule has 0 fully saturated rings. The third kappa shape index (κ3) is 4.74. The van der Waals surface area contributed by atoms with Gasteiger partial charge in [0.1, 0.15) is 10.6 Å². The van der Waals surface area contributed by atoms with Gasteiger partial charge in [-0.1, -0.05) is 18.5 Å². The fourth-order valence-electron chi connectivity index (χ4n) is 2.26. The van der Waals surface area contributed by atoms with Gasteiger partial charge in [-0.05, 0) is 50.1 Å². The van der Waals surface area contributed by atoms with Gasteiger partial charge in [0.2, 0.25) is 0 Å². The maximum atomic E-state index is 12.3. The molecule has 134 valence electrons. The van der Waals surface area contributed by atoms with Gasteiger partial charge in [-0.3, -0.25) is 4.79 Å². The number of carbonyl (C=O) groups is 2. The van der Waals surface area contributed by atoms with Crippen LogP contribution in [0.1, 0.15) is 34.0 Å². The van der Waals surface area contributed by atoms with Crippen LogP contribution < -0.4 is 10.1 Å². The van der Waals surface area contributed by atoms with Crippen LogP contribution in [0, 0.1) is 6.92 Å². The van der Waals surface area contributed by atoms with Gasteiger partial charge in [0.05, 0.1) is 12.8 Å². The summed E-state index contributed by atoms with van der Waals surface area (Å²) in [7, 11) is 1.49. The lowest BCUT2D eigenvalue weighted by Crippen LogP contribution is -2.30. The minimum Gasteiger partial charge on any atom is -0.495 e. The molecule has 0 saturated carbocycles. The first kappa shape index (κ1) is 19.3. The summed E-state index contributed by atoms with van der Waals surface area (Å²) in [6.45, 7) is 5.50. The van der Waals surface area contributed by atoms with Gasteiger partial charge in [-0.25, -0.2) is 4.79 Å². The molecule has 0 aliphatic rings. The number of hydrogen-bond acceptors (Lipinski definition) is 5. The number of nitrogens with one attached hydrogen (secondary N) is 1. The number of hydrogen-bond donors (Lipinski definition) is 1. The number of thiophene rings is 1. The van der Waals surface area contributed by atoms with Crippen LogP contribution >= 0.6 is 22.9 Å². The number of benzene rings is 1. The molecule has 0 unspecified atom stereocenters. The molecule has 0 saturated heterocycles. The van der Waals surface area contributed by atoms with E-state index in [4.69, 9.17) is 21.1 Å². The zero-order chi connectivity index (χ0) is 18.6. The Balaban J connectivity index is 2.05. The van der Waals surface area contributed by atoms with Crippen molar-refractivity contribution in [1.29, 1.82) is 0 Å². The molecule has 1 aromatic carbocycles. The molecule has 0 bridgehead atoms. The van der Waals surface area contributed by atoms with Crippen LogP contribution in [0.25, 0.3) is 0 Å². The second kappa shape index (κ2) is 8.36. The average molecular weight is 382 g/mol. The molecule has 1 amide bonds. The van der Waals surface area contributed by atoms with Crippen molar-refractivity contribution < 1.29 is 19.1 Å². The summed E-state index contributed by atoms with van der Waals surface area (Å²) >= 11 is 7.33. The number of carbonyl (C=O) groups excluding carboxylic acids is 2. The molecule has 2 aromatic rings. The van der Waals surface area contributed by atoms with Gasteiger partial charge in [0, 0.05) is 9.90 Å². The monoisotopic (exact) mass is 381 g/mol. The third-order valence-corrected chi connectivity index (χ3v) is 5.21. The minimum absolute atomic E-state index is 0.420. The first-order valence-corrected chi connectivity index (χ1v) is 8.99. The van der Waals surface area contributed by atoms with Crippen LogP contribution in [0.3, 0.4) is 0 Å². The molecule has 0 spiro atoms. The lowest BCUT2D eigenvalue weighted by Gasteiger charge is -2.15. The molecule has 0 aliphatic heterocycles. The Morgan fingerprint density at radius 3 is 2.64 bits per heavy atom. The summed E-state index contributed by atoms with van der Waals surface area (Å²) < 4.78 is 10.5. The standard InChI is InChI=1S/C18H20ClNO4S/c1-5-15-10(2)8-16(25-15)18(22)24-11(3)17(21)20-13-9-12(19)6-7-14(13)23-4/h6-9,11H,5H2,1-4H3,(H,20,21)/t11-/m1/s1. The molecular formula is C18H20ClNO4S. The molecule has 7 heteroatoms.